The smallest absolute Gasteiger partial charge is 0.306 e. The Balaban J connectivity index is 2.02. The Morgan fingerprint density at radius 2 is 2.00 bits per heavy atom. The maximum absolute atomic E-state index is 12.2. The van der Waals surface area contributed by atoms with Crippen molar-refractivity contribution in [2.24, 2.45) is 0 Å². The summed E-state index contributed by atoms with van der Waals surface area (Å²) in [6.07, 6.45) is 9.33. The van der Waals surface area contributed by atoms with Crippen LogP contribution in [0.15, 0.2) is 24.3 Å². The first-order chi connectivity index (χ1) is 12.1. The molecule has 140 valence electrons. The van der Waals surface area contributed by atoms with Crippen molar-refractivity contribution in [1.82, 2.24) is 0 Å². The minimum absolute atomic E-state index is 0.0155. The van der Waals surface area contributed by atoms with E-state index in [0.29, 0.717) is 12.3 Å². The third kappa shape index (κ3) is 6.37. The number of rotatable bonds is 9. The zero-order valence-corrected chi connectivity index (χ0v) is 16.1. The number of esters is 1. The molecule has 0 aromatic heterocycles. The fraction of sp³-hybridized carbons (Fsp3) is 0.682. The Bertz CT molecular complexity index is 526. The van der Waals surface area contributed by atoms with Crippen molar-refractivity contribution < 1.29 is 14.3 Å². The molecule has 0 aliphatic heterocycles. The molecule has 0 amide bonds. The number of carbonyl (C=O) groups is 1. The summed E-state index contributed by atoms with van der Waals surface area (Å²) in [4.78, 5) is 12.2. The normalized spacial score (nSPS) is 21.6. The fourth-order valence-electron chi connectivity index (χ4n) is 3.50. The zero-order chi connectivity index (χ0) is 18.1. The minimum atomic E-state index is -0.0302. The second-order valence-corrected chi connectivity index (χ2v) is 7.29. The fourth-order valence-corrected chi connectivity index (χ4v) is 3.50. The highest BCUT2D eigenvalue weighted by Gasteiger charge is 2.29. The Morgan fingerprint density at radius 3 is 2.76 bits per heavy atom. The Kier molecular flexibility index (Phi) is 8.30. The average molecular weight is 347 g/mol. The van der Waals surface area contributed by atoms with Gasteiger partial charge >= 0.3 is 5.97 Å². The van der Waals surface area contributed by atoms with Crippen LogP contribution in [0.2, 0.25) is 0 Å². The number of hydrogen-bond donors (Lipinski definition) is 0. The summed E-state index contributed by atoms with van der Waals surface area (Å²) in [7, 11) is 0. The third-order valence-corrected chi connectivity index (χ3v) is 5.17. The number of hydrogen-bond acceptors (Lipinski definition) is 3. The summed E-state index contributed by atoms with van der Waals surface area (Å²) in [5, 5.41) is 0. The molecule has 3 nitrogen and oxygen atoms in total. The third-order valence-electron chi connectivity index (χ3n) is 5.17. The number of ether oxygens (including phenoxy) is 2. The maximum Gasteiger partial charge on any atom is 0.306 e. The molecule has 1 aliphatic rings. The van der Waals surface area contributed by atoms with Gasteiger partial charge in [0.2, 0.25) is 0 Å². The molecule has 0 radical (unpaired) electrons. The lowest BCUT2D eigenvalue weighted by Crippen LogP contribution is -2.28. The Morgan fingerprint density at radius 1 is 1.20 bits per heavy atom. The summed E-state index contributed by atoms with van der Waals surface area (Å²) in [6.45, 7) is 6.37. The van der Waals surface area contributed by atoms with Crippen LogP contribution in [0.3, 0.4) is 0 Å². The van der Waals surface area contributed by atoms with Crippen molar-refractivity contribution in [2.75, 3.05) is 0 Å². The van der Waals surface area contributed by atoms with Crippen molar-refractivity contribution in [1.29, 1.82) is 0 Å². The number of benzene rings is 1. The molecule has 1 aromatic carbocycles. The number of unbranched alkanes of at least 4 members (excludes halogenated alkanes) is 2. The van der Waals surface area contributed by atoms with Crippen LogP contribution >= 0.6 is 0 Å². The molecule has 0 N–H and O–H groups in total. The quantitative estimate of drug-likeness (QED) is 0.405. The van der Waals surface area contributed by atoms with Gasteiger partial charge in [-0.2, -0.15) is 0 Å². The van der Waals surface area contributed by atoms with E-state index in [1.54, 1.807) is 0 Å². The van der Waals surface area contributed by atoms with E-state index in [4.69, 9.17) is 9.47 Å². The highest BCUT2D eigenvalue weighted by molar-refractivity contribution is 5.69. The average Bonchev–Trinajstić information content (AvgIpc) is 2.62. The Labute approximate surface area is 153 Å². The van der Waals surface area contributed by atoms with Gasteiger partial charge in [-0.3, -0.25) is 4.79 Å². The van der Waals surface area contributed by atoms with Gasteiger partial charge in [0.15, 0.2) is 0 Å². The highest BCUT2D eigenvalue weighted by Crippen LogP contribution is 2.36. The first-order valence-electron chi connectivity index (χ1n) is 10.1. The van der Waals surface area contributed by atoms with Crippen molar-refractivity contribution in [3.8, 4) is 5.75 Å². The van der Waals surface area contributed by atoms with E-state index >= 15 is 0 Å². The number of carbonyl (C=O) groups excluding carboxylic acids is 1. The van der Waals surface area contributed by atoms with Gasteiger partial charge in [0.1, 0.15) is 11.9 Å². The van der Waals surface area contributed by atoms with E-state index in [1.807, 2.05) is 6.07 Å². The van der Waals surface area contributed by atoms with Crippen molar-refractivity contribution >= 4 is 5.97 Å². The van der Waals surface area contributed by atoms with Gasteiger partial charge < -0.3 is 9.47 Å². The molecule has 0 heterocycles. The molecule has 25 heavy (non-hydrogen) atoms. The van der Waals surface area contributed by atoms with Crippen LogP contribution in [-0.2, 0) is 9.53 Å². The predicted molar refractivity (Wildman–Crippen MR) is 102 cm³/mol. The van der Waals surface area contributed by atoms with Crippen molar-refractivity contribution in [2.45, 2.75) is 96.7 Å². The van der Waals surface area contributed by atoms with Gasteiger partial charge in [-0.15, -0.1) is 0 Å². The molecule has 2 rings (SSSR count). The molecule has 1 saturated carbocycles. The van der Waals surface area contributed by atoms with E-state index in [-0.39, 0.29) is 18.2 Å². The van der Waals surface area contributed by atoms with E-state index in [9.17, 15) is 4.79 Å². The van der Waals surface area contributed by atoms with E-state index in [1.165, 1.54) is 12.0 Å². The summed E-state index contributed by atoms with van der Waals surface area (Å²) >= 11 is 0. The topological polar surface area (TPSA) is 35.5 Å². The molecule has 1 aliphatic carbocycles. The van der Waals surface area contributed by atoms with Crippen LogP contribution < -0.4 is 4.74 Å². The lowest BCUT2D eigenvalue weighted by Gasteiger charge is -2.32. The lowest BCUT2D eigenvalue weighted by atomic mass is 9.81. The predicted octanol–water partition coefficient (Wildman–Crippen LogP) is 6.01. The van der Waals surface area contributed by atoms with E-state index in [2.05, 4.69) is 39.0 Å². The second-order valence-electron chi connectivity index (χ2n) is 7.29. The van der Waals surface area contributed by atoms with Crippen molar-refractivity contribution in [3.05, 3.63) is 29.8 Å². The standard InChI is InChI=1S/C22H34O3/c1-4-6-7-15-22(23)25-21-14-9-8-13-20(21)18-11-10-12-19(16-18)24-17(3)5-2/h10-12,16-17,20-21H,4-9,13-15H2,1-3H3/t17?,20-,21+/m0/s1. The summed E-state index contributed by atoms with van der Waals surface area (Å²) in [6, 6.07) is 8.36. The first-order valence-corrected chi connectivity index (χ1v) is 10.1. The summed E-state index contributed by atoms with van der Waals surface area (Å²) < 4.78 is 11.8. The van der Waals surface area contributed by atoms with Crippen LogP contribution in [0.5, 0.6) is 5.75 Å². The Hall–Kier alpha value is -1.51. The van der Waals surface area contributed by atoms with E-state index < -0.39 is 0 Å². The highest BCUT2D eigenvalue weighted by atomic mass is 16.5. The van der Waals surface area contributed by atoms with Gasteiger partial charge in [-0.1, -0.05) is 45.2 Å². The molecular formula is C22H34O3. The zero-order valence-electron chi connectivity index (χ0n) is 16.1. The van der Waals surface area contributed by atoms with E-state index in [0.717, 1.165) is 50.7 Å². The van der Waals surface area contributed by atoms with Crippen LogP contribution in [-0.4, -0.2) is 18.2 Å². The molecule has 1 aromatic rings. The van der Waals surface area contributed by atoms with Gasteiger partial charge in [-0.05, 0) is 56.7 Å². The van der Waals surface area contributed by atoms with Crippen LogP contribution in [0.4, 0.5) is 0 Å². The molecule has 0 saturated heterocycles. The summed E-state index contributed by atoms with van der Waals surface area (Å²) in [5.74, 6) is 1.19. The molecule has 3 atom stereocenters. The summed E-state index contributed by atoms with van der Waals surface area (Å²) in [5.41, 5.74) is 1.24. The van der Waals surface area contributed by atoms with Gasteiger partial charge in [0, 0.05) is 12.3 Å². The monoisotopic (exact) mass is 346 g/mol. The first kappa shape index (κ1) is 19.8. The van der Waals surface area contributed by atoms with Gasteiger partial charge in [0.25, 0.3) is 0 Å². The molecular weight excluding hydrogens is 312 g/mol. The molecule has 1 unspecified atom stereocenters. The lowest BCUT2D eigenvalue weighted by molar-refractivity contribution is -0.151. The molecule has 0 spiro atoms. The van der Waals surface area contributed by atoms with Crippen molar-refractivity contribution in [3.63, 3.8) is 0 Å². The molecule has 3 heteroatoms. The second kappa shape index (κ2) is 10.5. The van der Waals surface area contributed by atoms with Gasteiger partial charge in [0.05, 0.1) is 6.10 Å². The molecule has 1 fully saturated rings. The van der Waals surface area contributed by atoms with Crippen LogP contribution in [0, 0.1) is 0 Å². The largest absolute Gasteiger partial charge is 0.491 e. The minimum Gasteiger partial charge on any atom is -0.491 e. The van der Waals surface area contributed by atoms with Crippen LogP contribution in [0.1, 0.15) is 90.0 Å². The SMILES string of the molecule is CCCCCC(=O)O[C@@H]1CCCC[C@H]1c1cccc(OC(C)CC)c1. The molecule has 0 bridgehead atoms. The van der Waals surface area contributed by atoms with Crippen LogP contribution in [0.25, 0.3) is 0 Å². The maximum atomic E-state index is 12.2. The van der Waals surface area contributed by atoms with Gasteiger partial charge in [-0.25, -0.2) is 0 Å².